The Labute approximate surface area is 149 Å². The number of alkyl halides is 3. The van der Waals surface area contributed by atoms with Crippen molar-refractivity contribution in [1.82, 2.24) is 9.80 Å². The highest BCUT2D eigenvalue weighted by atomic mass is 19.4. The van der Waals surface area contributed by atoms with Gasteiger partial charge in [0.05, 0.1) is 0 Å². The van der Waals surface area contributed by atoms with Crippen LogP contribution in [0.4, 0.5) is 18.0 Å². The summed E-state index contributed by atoms with van der Waals surface area (Å²) in [6, 6.07) is 5.55. The molecule has 1 fully saturated rings. The highest BCUT2D eigenvalue weighted by Gasteiger charge is 2.32. The minimum absolute atomic E-state index is 0.144. The summed E-state index contributed by atoms with van der Waals surface area (Å²) >= 11 is 0. The third-order valence-electron chi connectivity index (χ3n) is 3.98. The second kappa shape index (κ2) is 9.42. The van der Waals surface area contributed by atoms with Gasteiger partial charge in [-0.1, -0.05) is 18.2 Å². The SMILES string of the molecule is O=CCCCN1CCN(C(=O)OCc2ccccc2OC(F)(F)F)CC1. The number of carbonyl (C=O) groups is 2. The standard InChI is InChI=1S/C17H21F3N2O4/c18-17(19,20)26-15-6-2-1-5-14(15)13-25-16(24)22-10-8-21(9-11-22)7-3-4-12-23/h1-2,5-6,12H,3-4,7-11,13H2. The van der Waals surface area contributed by atoms with Gasteiger partial charge in [0.1, 0.15) is 18.6 Å². The molecule has 1 aromatic rings. The largest absolute Gasteiger partial charge is 0.573 e. The first-order valence-corrected chi connectivity index (χ1v) is 8.30. The zero-order chi connectivity index (χ0) is 19.0. The lowest BCUT2D eigenvalue weighted by Gasteiger charge is -2.34. The Morgan fingerprint density at radius 1 is 1.15 bits per heavy atom. The van der Waals surface area contributed by atoms with E-state index >= 15 is 0 Å². The van der Waals surface area contributed by atoms with Crippen molar-refractivity contribution in [3.63, 3.8) is 0 Å². The number of benzene rings is 1. The number of hydrogen-bond donors (Lipinski definition) is 0. The van der Waals surface area contributed by atoms with E-state index in [0.717, 1.165) is 19.3 Å². The molecule has 0 aromatic heterocycles. The van der Waals surface area contributed by atoms with Gasteiger partial charge in [-0.05, 0) is 19.0 Å². The van der Waals surface area contributed by atoms with Gasteiger partial charge in [-0.2, -0.15) is 0 Å². The average Bonchev–Trinajstić information content (AvgIpc) is 2.60. The fraction of sp³-hybridized carbons (Fsp3) is 0.529. The van der Waals surface area contributed by atoms with Crippen LogP contribution in [0.1, 0.15) is 18.4 Å². The molecule has 0 N–H and O–H groups in total. The molecule has 0 bridgehead atoms. The second-order valence-electron chi connectivity index (χ2n) is 5.85. The Morgan fingerprint density at radius 3 is 2.50 bits per heavy atom. The number of carbonyl (C=O) groups excluding carboxylic acids is 2. The first-order valence-electron chi connectivity index (χ1n) is 8.30. The topological polar surface area (TPSA) is 59.1 Å². The number of halogens is 3. The van der Waals surface area contributed by atoms with E-state index in [-0.39, 0.29) is 17.9 Å². The highest BCUT2D eigenvalue weighted by molar-refractivity contribution is 5.67. The highest BCUT2D eigenvalue weighted by Crippen LogP contribution is 2.26. The molecule has 1 amide bonds. The van der Waals surface area contributed by atoms with Gasteiger partial charge in [-0.15, -0.1) is 13.2 Å². The van der Waals surface area contributed by atoms with Gasteiger partial charge in [0, 0.05) is 38.2 Å². The number of ether oxygens (including phenoxy) is 2. The summed E-state index contributed by atoms with van der Waals surface area (Å²) in [6.07, 6.45) is -3.20. The number of aldehydes is 1. The molecule has 1 aliphatic rings. The van der Waals surface area contributed by atoms with Gasteiger partial charge in [0.15, 0.2) is 0 Å². The molecule has 0 unspecified atom stereocenters. The van der Waals surface area contributed by atoms with Crippen LogP contribution in [-0.4, -0.2) is 61.3 Å². The Balaban J connectivity index is 1.80. The van der Waals surface area contributed by atoms with Crippen LogP contribution in [0.3, 0.4) is 0 Å². The Morgan fingerprint density at radius 2 is 1.85 bits per heavy atom. The number of para-hydroxylation sites is 1. The molecule has 6 nitrogen and oxygen atoms in total. The van der Waals surface area contributed by atoms with Gasteiger partial charge < -0.3 is 19.2 Å². The summed E-state index contributed by atoms with van der Waals surface area (Å²) in [5.74, 6) is -0.382. The van der Waals surface area contributed by atoms with E-state index in [0.29, 0.717) is 32.6 Å². The monoisotopic (exact) mass is 374 g/mol. The van der Waals surface area contributed by atoms with Crippen molar-refractivity contribution < 1.29 is 32.2 Å². The lowest BCUT2D eigenvalue weighted by Crippen LogP contribution is -2.48. The molecule has 1 heterocycles. The van der Waals surface area contributed by atoms with Crippen LogP contribution in [0, 0.1) is 0 Å². The van der Waals surface area contributed by atoms with E-state index in [1.54, 1.807) is 6.07 Å². The molecule has 0 radical (unpaired) electrons. The molecule has 0 aliphatic carbocycles. The number of unbranched alkanes of at least 4 members (excludes halogenated alkanes) is 1. The summed E-state index contributed by atoms with van der Waals surface area (Å²) < 4.78 is 46.3. The Kier molecular flexibility index (Phi) is 7.26. The summed E-state index contributed by atoms with van der Waals surface area (Å²) in [5.41, 5.74) is 0.144. The normalized spacial score (nSPS) is 15.6. The molecule has 0 atom stereocenters. The van der Waals surface area contributed by atoms with Crippen molar-refractivity contribution in [3.05, 3.63) is 29.8 Å². The maximum Gasteiger partial charge on any atom is 0.573 e. The summed E-state index contributed by atoms with van der Waals surface area (Å²) in [4.78, 5) is 26.1. The van der Waals surface area contributed by atoms with E-state index in [2.05, 4.69) is 9.64 Å². The average molecular weight is 374 g/mol. The van der Waals surface area contributed by atoms with Gasteiger partial charge in [0.25, 0.3) is 0 Å². The molecule has 1 saturated heterocycles. The van der Waals surface area contributed by atoms with Crippen molar-refractivity contribution >= 4 is 12.4 Å². The van der Waals surface area contributed by atoms with E-state index in [1.807, 2.05) is 0 Å². The Bertz CT molecular complexity index is 602. The van der Waals surface area contributed by atoms with Crippen molar-refractivity contribution in [1.29, 1.82) is 0 Å². The molecular formula is C17H21F3N2O4. The molecule has 26 heavy (non-hydrogen) atoms. The van der Waals surface area contributed by atoms with Gasteiger partial charge >= 0.3 is 12.5 Å². The van der Waals surface area contributed by atoms with Crippen molar-refractivity contribution in [2.75, 3.05) is 32.7 Å². The number of piperazine rings is 1. The zero-order valence-electron chi connectivity index (χ0n) is 14.2. The third kappa shape index (κ3) is 6.55. The lowest BCUT2D eigenvalue weighted by atomic mass is 10.2. The minimum Gasteiger partial charge on any atom is -0.444 e. The fourth-order valence-corrected chi connectivity index (χ4v) is 2.63. The molecule has 1 aromatic carbocycles. The summed E-state index contributed by atoms with van der Waals surface area (Å²) in [5, 5.41) is 0. The zero-order valence-corrected chi connectivity index (χ0v) is 14.2. The predicted molar refractivity (Wildman–Crippen MR) is 86.6 cm³/mol. The molecule has 0 saturated carbocycles. The van der Waals surface area contributed by atoms with Crippen LogP contribution < -0.4 is 4.74 Å². The molecule has 1 aliphatic heterocycles. The lowest BCUT2D eigenvalue weighted by molar-refractivity contribution is -0.275. The third-order valence-corrected chi connectivity index (χ3v) is 3.98. The van der Waals surface area contributed by atoms with Crippen LogP contribution in [-0.2, 0) is 16.1 Å². The van der Waals surface area contributed by atoms with Gasteiger partial charge in [0.2, 0.25) is 0 Å². The predicted octanol–water partition coefficient (Wildman–Crippen LogP) is 2.82. The van der Waals surface area contributed by atoms with Crippen LogP contribution in [0.2, 0.25) is 0 Å². The molecule has 9 heteroatoms. The van der Waals surface area contributed by atoms with Crippen LogP contribution in [0.5, 0.6) is 5.75 Å². The molecule has 144 valence electrons. The van der Waals surface area contributed by atoms with Crippen molar-refractivity contribution in [3.8, 4) is 5.75 Å². The maximum atomic E-state index is 12.4. The molecular weight excluding hydrogens is 353 g/mol. The van der Waals surface area contributed by atoms with Crippen molar-refractivity contribution in [2.24, 2.45) is 0 Å². The molecule has 2 rings (SSSR count). The summed E-state index contributed by atoms with van der Waals surface area (Å²) in [7, 11) is 0. The van der Waals surface area contributed by atoms with E-state index in [4.69, 9.17) is 4.74 Å². The minimum atomic E-state index is -4.81. The number of amides is 1. The Hall–Kier alpha value is -2.29. The summed E-state index contributed by atoms with van der Waals surface area (Å²) in [6.45, 7) is 2.78. The van der Waals surface area contributed by atoms with Crippen LogP contribution >= 0.6 is 0 Å². The quantitative estimate of drug-likeness (QED) is 0.543. The first kappa shape index (κ1) is 20.0. The van der Waals surface area contributed by atoms with Gasteiger partial charge in [-0.3, -0.25) is 4.90 Å². The number of hydrogen-bond acceptors (Lipinski definition) is 5. The first-order chi connectivity index (χ1) is 12.4. The van der Waals surface area contributed by atoms with Gasteiger partial charge in [-0.25, -0.2) is 4.79 Å². The van der Waals surface area contributed by atoms with E-state index < -0.39 is 12.5 Å². The van der Waals surface area contributed by atoms with Crippen molar-refractivity contribution in [2.45, 2.75) is 25.8 Å². The fourth-order valence-electron chi connectivity index (χ4n) is 2.63. The van der Waals surface area contributed by atoms with E-state index in [1.165, 1.54) is 23.1 Å². The van der Waals surface area contributed by atoms with E-state index in [9.17, 15) is 22.8 Å². The van der Waals surface area contributed by atoms with Crippen LogP contribution in [0.25, 0.3) is 0 Å². The van der Waals surface area contributed by atoms with Crippen LogP contribution in [0.15, 0.2) is 24.3 Å². The maximum absolute atomic E-state index is 12.4. The molecule has 0 spiro atoms. The number of nitrogens with zero attached hydrogens (tertiary/aromatic N) is 2. The smallest absolute Gasteiger partial charge is 0.444 e. The second-order valence-corrected chi connectivity index (χ2v) is 5.85. The number of rotatable bonds is 7.